The number of hydrogen-bond acceptors (Lipinski definition) is 4. The van der Waals surface area contributed by atoms with Crippen LogP contribution >= 0.6 is 0 Å². The highest BCUT2D eigenvalue weighted by atomic mass is 16.4. The number of carboxylic acid groups (broad SMARTS) is 1. The molecular formula is C28H42N4O4. The minimum Gasteiger partial charge on any atom is -0.478 e. The van der Waals surface area contributed by atoms with Gasteiger partial charge in [0.05, 0.1) is 12.1 Å². The number of nitrogens with one attached hydrogen (secondary N) is 2. The fourth-order valence-electron chi connectivity index (χ4n) is 4.90. The summed E-state index contributed by atoms with van der Waals surface area (Å²) in [4.78, 5) is 39.9. The lowest BCUT2D eigenvalue weighted by atomic mass is 9.77. The summed E-state index contributed by atoms with van der Waals surface area (Å²) in [7, 11) is 5.40. The Morgan fingerprint density at radius 2 is 1.81 bits per heavy atom. The largest absolute Gasteiger partial charge is 0.478 e. The van der Waals surface area contributed by atoms with Gasteiger partial charge in [0, 0.05) is 42.2 Å². The van der Waals surface area contributed by atoms with E-state index in [4.69, 9.17) is 0 Å². The molecule has 1 aromatic carbocycles. The van der Waals surface area contributed by atoms with E-state index < -0.39 is 29.5 Å². The molecule has 0 bridgehead atoms. The van der Waals surface area contributed by atoms with Crippen LogP contribution in [0.4, 0.5) is 0 Å². The molecule has 2 aromatic rings. The van der Waals surface area contributed by atoms with E-state index in [2.05, 4.69) is 33.5 Å². The molecule has 8 nitrogen and oxygen atoms in total. The van der Waals surface area contributed by atoms with Gasteiger partial charge in [-0.2, -0.15) is 0 Å². The standard InChI is InChI=1S/C28H42N4O4/c1-10-21(26(34)32(9)23(17(2)3)15-18(4)27(35)36)30-25(33)24(29-7)28(5,6)20-16-31(8)22-14-12-11-13-19(20)22/h11-17,21,23-24,29H,10H2,1-9H3,(H,30,33)(H,35,36)/b18-15+/t21?,23-,24-/m1/s1. The summed E-state index contributed by atoms with van der Waals surface area (Å²) in [5.41, 5.74) is 1.73. The Morgan fingerprint density at radius 3 is 2.33 bits per heavy atom. The topological polar surface area (TPSA) is 104 Å². The number of carbonyl (C=O) groups excluding carboxylic acids is 2. The van der Waals surface area contributed by atoms with Gasteiger partial charge >= 0.3 is 5.97 Å². The highest BCUT2D eigenvalue weighted by Crippen LogP contribution is 2.34. The second-order valence-electron chi connectivity index (χ2n) is 10.4. The molecule has 0 aliphatic carbocycles. The lowest BCUT2D eigenvalue weighted by Gasteiger charge is -2.36. The Bertz CT molecular complexity index is 1130. The molecule has 3 N–H and O–H groups in total. The number of nitrogens with zero attached hydrogens (tertiary/aromatic N) is 2. The normalized spacial score (nSPS) is 15.0. The molecular weight excluding hydrogens is 456 g/mol. The first-order chi connectivity index (χ1) is 16.8. The third-order valence-electron chi connectivity index (χ3n) is 7.12. The van der Waals surface area contributed by atoms with Crippen molar-refractivity contribution in [3.63, 3.8) is 0 Å². The Balaban J connectivity index is 2.31. The summed E-state index contributed by atoms with van der Waals surface area (Å²) in [5.74, 6) is -1.54. The van der Waals surface area contributed by atoms with E-state index in [0.717, 1.165) is 16.5 Å². The van der Waals surface area contributed by atoms with Crippen molar-refractivity contribution in [3.05, 3.63) is 47.7 Å². The zero-order valence-corrected chi connectivity index (χ0v) is 23.0. The number of aliphatic carboxylic acids is 1. The van der Waals surface area contributed by atoms with E-state index in [1.54, 1.807) is 20.2 Å². The molecule has 0 aliphatic rings. The van der Waals surface area contributed by atoms with E-state index in [-0.39, 0.29) is 23.3 Å². The predicted octanol–water partition coefficient (Wildman–Crippen LogP) is 3.45. The molecule has 0 spiro atoms. The zero-order chi connectivity index (χ0) is 27.4. The average Bonchev–Trinajstić information content (AvgIpc) is 3.17. The van der Waals surface area contributed by atoms with Crippen LogP contribution in [0.5, 0.6) is 0 Å². The predicted molar refractivity (Wildman–Crippen MR) is 144 cm³/mol. The molecule has 0 saturated heterocycles. The number of rotatable bonds is 11. The van der Waals surface area contributed by atoms with Gasteiger partial charge in [0.1, 0.15) is 6.04 Å². The first kappa shape index (κ1) is 29.1. The molecule has 3 atom stereocenters. The first-order valence-electron chi connectivity index (χ1n) is 12.5. The summed E-state index contributed by atoms with van der Waals surface area (Å²) in [5, 5.41) is 16.5. The smallest absolute Gasteiger partial charge is 0.331 e. The first-order valence-corrected chi connectivity index (χ1v) is 12.5. The number of aromatic nitrogens is 1. The number of benzene rings is 1. The summed E-state index contributed by atoms with van der Waals surface area (Å²) < 4.78 is 2.06. The molecule has 8 heteroatoms. The Labute approximate surface area is 214 Å². The Kier molecular flexibility index (Phi) is 9.49. The fraction of sp³-hybridized carbons (Fsp3) is 0.536. The van der Waals surface area contributed by atoms with Gasteiger partial charge in [-0.1, -0.05) is 58.9 Å². The number of fused-ring (bicyclic) bond motifs is 1. The summed E-state index contributed by atoms with van der Waals surface area (Å²) in [6.45, 7) is 11.3. The lowest BCUT2D eigenvalue weighted by molar-refractivity contribution is -0.138. The molecule has 2 rings (SSSR count). The number of hydrogen-bond donors (Lipinski definition) is 3. The van der Waals surface area contributed by atoms with E-state index in [1.165, 1.54) is 11.8 Å². The molecule has 0 fully saturated rings. The van der Waals surface area contributed by atoms with Gasteiger partial charge in [-0.05, 0) is 37.9 Å². The van der Waals surface area contributed by atoms with E-state index in [9.17, 15) is 19.5 Å². The summed E-state index contributed by atoms with van der Waals surface area (Å²) in [6.07, 6.45) is 4.06. The van der Waals surface area contributed by atoms with Gasteiger partial charge < -0.3 is 25.2 Å². The van der Waals surface area contributed by atoms with Crippen molar-refractivity contribution in [3.8, 4) is 0 Å². The number of carbonyl (C=O) groups is 3. The van der Waals surface area contributed by atoms with Crippen LogP contribution < -0.4 is 10.6 Å². The van der Waals surface area contributed by atoms with Crippen molar-refractivity contribution >= 4 is 28.7 Å². The molecule has 0 radical (unpaired) electrons. The summed E-state index contributed by atoms with van der Waals surface area (Å²) >= 11 is 0. The maximum absolute atomic E-state index is 13.6. The number of amides is 2. The average molecular weight is 499 g/mol. The second kappa shape index (κ2) is 11.7. The van der Waals surface area contributed by atoms with Crippen LogP contribution in [0, 0.1) is 5.92 Å². The minimum atomic E-state index is -1.02. The highest BCUT2D eigenvalue weighted by Gasteiger charge is 2.39. The number of likely N-dealkylation sites (N-methyl/N-ethyl adjacent to an activating group) is 2. The molecule has 0 aliphatic heterocycles. The maximum atomic E-state index is 13.6. The van der Waals surface area contributed by atoms with Crippen LogP contribution in [-0.2, 0) is 26.8 Å². The van der Waals surface area contributed by atoms with Crippen LogP contribution in [0.25, 0.3) is 10.9 Å². The number of para-hydroxylation sites is 1. The van der Waals surface area contributed by atoms with E-state index in [1.807, 2.05) is 53.8 Å². The van der Waals surface area contributed by atoms with Crippen LogP contribution in [0.1, 0.15) is 53.5 Å². The van der Waals surface area contributed by atoms with Crippen LogP contribution in [-0.4, -0.2) is 64.6 Å². The number of carboxylic acids is 1. The monoisotopic (exact) mass is 498 g/mol. The lowest BCUT2D eigenvalue weighted by Crippen LogP contribution is -2.58. The molecule has 0 saturated carbocycles. The molecule has 1 heterocycles. The second-order valence-corrected chi connectivity index (χ2v) is 10.4. The van der Waals surface area contributed by atoms with Crippen LogP contribution in [0.3, 0.4) is 0 Å². The fourth-order valence-corrected chi connectivity index (χ4v) is 4.90. The SMILES string of the molecule is CCC(NC(=O)[C@@H](NC)C(C)(C)c1cn(C)c2ccccc12)C(=O)N(C)[C@H](/C=C(\C)C(=O)O)C(C)C. The van der Waals surface area contributed by atoms with Crippen molar-refractivity contribution in [2.24, 2.45) is 13.0 Å². The quantitative estimate of drug-likeness (QED) is 0.412. The van der Waals surface area contributed by atoms with Crippen molar-refractivity contribution in [1.29, 1.82) is 0 Å². The summed E-state index contributed by atoms with van der Waals surface area (Å²) in [6, 6.07) is 6.36. The van der Waals surface area contributed by atoms with Gasteiger partial charge in [0.15, 0.2) is 0 Å². The third-order valence-corrected chi connectivity index (χ3v) is 7.12. The van der Waals surface area contributed by atoms with Gasteiger partial charge in [-0.25, -0.2) is 4.79 Å². The third kappa shape index (κ3) is 5.98. The molecule has 1 unspecified atom stereocenters. The van der Waals surface area contributed by atoms with Crippen LogP contribution in [0.15, 0.2) is 42.1 Å². The van der Waals surface area contributed by atoms with Gasteiger partial charge in [0.25, 0.3) is 0 Å². The van der Waals surface area contributed by atoms with Crippen molar-refractivity contribution in [2.45, 2.75) is 71.5 Å². The van der Waals surface area contributed by atoms with Crippen LogP contribution in [0.2, 0.25) is 0 Å². The molecule has 198 valence electrons. The number of aryl methyl sites for hydroxylation is 1. The molecule has 1 aromatic heterocycles. The zero-order valence-electron chi connectivity index (χ0n) is 23.0. The maximum Gasteiger partial charge on any atom is 0.331 e. The van der Waals surface area contributed by atoms with Crippen molar-refractivity contribution in [2.75, 3.05) is 14.1 Å². The van der Waals surface area contributed by atoms with Gasteiger partial charge in [-0.3, -0.25) is 9.59 Å². The highest BCUT2D eigenvalue weighted by molar-refractivity contribution is 5.92. The Hall–Kier alpha value is -3.13. The van der Waals surface area contributed by atoms with Gasteiger partial charge in [0.2, 0.25) is 11.8 Å². The van der Waals surface area contributed by atoms with E-state index >= 15 is 0 Å². The Morgan fingerprint density at radius 1 is 1.19 bits per heavy atom. The van der Waals surface area contributed by atoms with Gasteiger partial charge in [-0.15, -0.1) is 0 Å². The molecule has 2 amide bonds. The van der Waals surface area contributed by atoms with E-state index in [0.29, 0.717) is 6.42 Å². The molecule has 36 heavy (non-hydrogen) atoms. The van der Waals surface area contributed by atoms with Crippen molar-refractivity contribution in [1.82, 2.24) is 20.1 Å². The minimum absolute atomic E-state index is 0.00295. The van der Waals surface area contributed by atoms with Crippen molar-refractivity contribution < 1.29 is 19.5 Å².